The first-order chi connectivity index (χ1) is 11.8. The molecule has 0 spiro atoms. The lowest BCUT2D eigenvalue weighted by atomic mass is 9.90. The molecular formula is C9F17NO. The third kappa shape index (κ3) is 3.06. The van der Waals surface area contributed by atoms with Gasteiger partial charge in [0.25, 0.3) is 0 Å². The predicted octanol–water partition coefficient (Wildman–Crippen LogP) is 5.29. The summed E-state index contributed by atoms with van der Waals surface area (Å²) >= 11 is 0. The van der Waals surface area contributed by atoms with Crippen LogP contribution in [0.15, 0.2) is 4.99 Å². The lowest BCUT2D eigenvalue weighted by Gasteiger charge is -2.41. The predicted molar refractivity (Wildman–Crippen MR) is 48.8 cm³/mol. The summed E-state index contributed by atoms with van der Waals surface area (Å²) in [6, 6.07) is -7.06. The summed E-state index contributed by atoms with van der Waals surface area (Å²) in [6.45, 7) is 0. The van der Waals surface area contributed by atoms with Gasteiger partial charge in [0.2, 0.25) is 6.08 Å². The maximum atomic E-state index is 13.0. The van der Waals surface area contributed by atoms with Crippen molar-refractivity contribution in [3.63, 3.8) is 0 Å². The molecule has 0 aliphatic rings. The molecule has 0 aliphatic carbocycles. The molecule has 0 aromatic heterocycles. The maximum absolute atomic E-state index is 13.0. The van der Waals surface area contributed by atoms with E-state index in [-0.39, 0.29) is 0 Å². The Labute approximate surface area is 140 Å². The molecule has 0 N–H and O–H groups in total. The Morgan fingerprint density at radius 3 is 0.929 bits per heavy atom. The van der Waals surface area contributed by atoms with Crippen molar-refractivity contribution >= 4 is 6.08 Å². The molecule has 0 aliphatic heterocycles. The molecule has 0 heterocycles. The molecule has 166 valence electrons. The fourth-order valence-corrected chi connectivity index (χ4v) is 1.28. The van der Waals surface area contributed by atoms with Gasteiger partial charge < -0.3 is 0 Å². The summed E-state index contributed by atoms with van der Waals surface area (Å²) < 4.78 is 215. The quantitative estimate of drug-likeness (QED) is 0.220. The number of hydrogen-bond donors (Lipinski definition) is 0. The van der Waals surface area contributed by atoms with Crippen molar-refractivity contribution < 1.29 is 79.4 Å². The molecular weight excluding hydrogens is 461 g/mol. The fourth-order valence-electron chi connectivity index (χ4n) is 1.28. The Kier molecular flexibility index (Phi) is 5.94. The third-order valence-corrected chi connectivity index (χ3v) is 2.89. The standard InChI is InChI=1S/C9F17NO/c10-2(11,4(14,15)6(18,19)8(22,23)24)3(12,13)5(16,17)7(20,21)9(25,26)27-1-28. The van der Waals surface area contributed by atoms with E-state index in [1.807, 2.05) is 0 Å². The summed E-state index contributed by atoms with van der Waals surface area (Å²) in [6.07, 6.45) is -8.39. The highest BCUT2D eigenvalue weighted by Gasteiger charge is 2.95. The van der Waals surface area contributed by atoms with E-state index in [1.54, 1.807) is 0 Å². The average molecular weight is 461 g/mol. The Hall–Kier alpha value is -1.81. The molecule has 19 heteroatoms. The molecule has 0 amide bonds. The monoisotopic (exact) mass is 461 g/mol. The smallest absolute Gasteiger partial charge is 0.211 e. The number of alkyl halides is 17. The average Bonchev–Trinajstić information content (AvgIpc) is 2.44. The Balaban J connectivity index is 6.76. The maximum Gasteiger partial charge on any atom is 0.460 e. The first kappa shape index (κ1) is 26.2. The van der Waals surface area contributed by atoms with E-state index in [0.717, 1.165) is 0 Å². The Morgan fingerprint density at radius 2 is 0.679 bits per heavy atom. The minimum atomic E-state index is -8.70. The number of nitrogens with zero attached hydrogens (tertiary/aromatic N) is 1. The molecule has 0 atom stereocenters. The molecule has 0 saturated carbocycles. The molecule has 0 rings (SSSR count). The summed E-state index contributed by atoms with van der Waals surface area (Å²) in [5, 5.41) is 0. The molecule has 0 aromatic rings. The first-order valence-electron chi connectivity index (χ1n) is 5.61. The molecule has 0 radical (unpaired) electrons. The van der Waals surface area contributed by atoms with E-state index in [9.17, 15) is 79.4 Å². The van der Waals surface area contributed by atoms with Crippen molar-refractivity contribution in [3.8, 4) is 0 Å². The van der Waals surface area contributed by atoms with Crippen molar-refractivity contribution in [3.05, 3.63) is 0 Å². The number of aliphatic imine (C=N–C) groups is 1. The molecule has 2 nitrogen and oxygen atoms in total. The number of rotatable bonds is 7. The Bertz CT molecular complexity index is 640. The molecule has 0 aromatic carbocycles. The third-order valence-electron chi connectivity index (χ3n) is 2.89. The van der Waals surface area contributed by atoms with Gasteiger partial charge in [-0.1, -0.05) is 0 Å². The van der Waals surface area contributed by atoms with Crippen LogP contribution in [0.4, 0.5) is 74.6 Å². The summed E-state index contributed by atoms with van der Waals surface area (Å²) in [5.74, 6) is -50.6. The zero-order valence-corrected chi connectivity index (χ0v) is 11.8. The van der Waals surface area contributed by atoms with Crippen molar-refractivity contribution in [2.24, 2.45) is 4.99 Å². The molecule has 0 saturated heterocycles. The van der Waals surface area contributed by atoms with E-state index < -0.39 is 53.8 Å². The van der Waals surface area contributed by atoms with Gasteiger partial charge in [0.15, 0.2) is 0 Å². The normalized spacial score (nSPS) is 16.0. The highest BCUT2D eigenvalue weighted by molar-refractivity contribution is 5.34. The number of isocyanates is 1. The second-order valence-electron chi connectivity index (χ2n) is 4.69. The van der Waals surface area contributed by atoms with Crippen LogP contribution in [-0.2, 0) is 4.79 Å². The van der Waals surface area contributed by atoms with Crippen LogP contribution in [-0.4, -0.2) is 53.8 Å². The minimum Gasteiger partial charge on any atom is -0.211 e. The topological polar surface area (TPSA) is 29.4 Å². The number of carbonyl (C=O) groups excluding carboxylic acids is 1. The van der Waals surface area contributed by atoms with E-state index in [2.05, 4.69) is 0 Å². The van der Waals surface area contributed by atoms with Crippen LogP contribution in [0.5, 0.6) is 0 Å². The van der Waals surface area contributed by atoms with Crippen LogP contribution in [0.2, 0.25) is 0 Å². The van der Waals surface area contributed by atoms with Gasteiger partial charge in [0.05, 0.1) is 0 Å². The van der Waals surface area contributed by atoms with Crippen LogP contribution in [0.3, 0.4) is 0 Å². The van der Waals surface area contributed by atoms with Crippen molar-refractivity contribution in [1.82, 2.24) is 0 Å². The van der Waals surface area contributed by atoms with Gasteiger partial charge in [-0.05, 0) is 0 Å². The van der Waals surface area contributed by atoms with Crippen LogP contribution in [0.1, 0.15) is 0 Å². The molecule has 0 fully saturated rings. The van der Waals surface area contributed by atoms with Gasteiger partial charge in [-0.15, -0.1) is 4.99 Å². The largest absolute Gasteiger partial charge is 0.460 e. The first-order valence-corrected chi connectivity index (χ1v) is 5.61. The number of hydrogen-bond acceptors (Lipinski definition) is 2. The summed E-state index contributed by atoms with van der Waals surface area (Å²) in [5.41, 5.74) is 0. The van der Waals surface area contributed by atoms with Crippen molar-refractivity contribution in [2.75, 3.05) is 0 Å². The Morgan fingerprint density at radius 1 is 0.429 bits per heavy atom. The highest BCUT2D eigenvalue weighted by atomic mass is 19.4. The van der Waals surface area contributed by atoms with E-state index in [4.69, 9.17) is 0 Å². The molecule has 0 bridgehead atoms. The fraction of sp³-hybridized carbons (Fsp3) is 0.889. The SMILES string of the molecule is O=C=NC(F)(F)C(F)(F)C(F)(F)C(F)(F)C(F)(F)C(F)(F)C(F)(F)C(F)(F)F. The van der Waals surface area contributed by atoms with Gasteiger partial charge in [-0.2, -0.15) is 74.6 Å². The van der Waals surface area contributed by atoms with Crippen LogP contribution < -0.4 is 0 Å². The van der Waals surface area contributed by atoms with E-state index in [1.165, 1.54) is 0 Å². The number of halogens is 17. The molecule has 0 unspecified atom stereocenters. The summed E-state index contributed by atoms with van der Waals surface area (Å²) in [7, 11) is 0. The lowest BCUT2D eigenvalue weighted by molar-refractivity contribution is -0.461. The lowest BCUT2D eigenvalue weighted by Crippen LogP contribution is -2.74. The van der Waals surface area contributed by atoms with Crippen molar-refractivity contribution in [1.29, 1.82) is 0 Å². The zero-order chi connectivity index (χ0) is 23.4. The van der Waals surface area contributed by atoms with E-state index in [0.29, 0.717) is 4.99 Å². The second-order valence-corrected chi connectivity index (χ2v) is 4.69. The zero-order valence-electron chi connectivity index (χ0n) is 11.8. The van der Waals surface area contributed by atoms with E-state index >= 15 is 0 Å². The highest BCUT2D eigenvalue weighted by Crippen LogP contribution is 2.63. The van der Waals surface area contributed by atoms with Crippen LogP contribution in [0, 0.1) is 0 Å². The van der Waals surface area contributed by atoms with Gasteiger partial charge in [-0.3, -0.25) is 0 Å². The van der Waals surface area contributed by atoms with Crippen molar-refractivity contribution in [2.45, 2.75) is 47.8 Å². The van der Waals surface area contributed by atoms with Gasteiger partial charge in [0, 0.05) is 0 Å². The molecule has 28 heavy (non-hydrogen) atoms. The van der Waals surface area contributed by atoms with Gasteiger partial charge in [-0.25, -0.2) is 4.79 Å². The van der Waals surface area contributed by atoms with Gasteiger partial charge in [0.1, 0.15) is 0 Å². The minimum absolute atomic E-state index is 0.577. The van der Waals surface area contributed by atoms with Crippen LogP contribution in [0.25, 0.3) is 0 Å². The van der Waals surface area contributed by atoms with Gasteiger partial charge >= 0.3 is 47.8 Å². The second kappa shape index (κ2) is 6.35. The summed E-state index contributed by atoms with van der Waals surface area (Å²) in [4.78, 5) is 9.99. The van der Waals surface area contributed by atoms with Crippen LogP contribution >= 0.6 is 0 Å².